The number of anilines is 1. The second-order valence-corrected chi connectivity index (χ2v) is 6.04. The molecule has 24 heavy (non-hydrogen) atoms. The predicted octanol–water partition coefficient (Wildman–Crippen LogP) is 3.62. The fourth-order valence-electron chi connectivity index (χ4n) is 1.85. The van der Waals surface area contributed by atoms with E-state index in [1.165, 1.54) is 23.1 Å². The van der Waals surface area contributed by atoms with E-state index in [0.717, 1.165) is 11.8 Å². The summed E-state index contributed by atoms with van der Waals surface area (Å²) in [6.07, 6.45) is 0. The Morgan fingerprint density at radius 2 is 1.83 bits per heavy atom. The molecule has 2 aromatic carbocycles. The molecule has 0 radical (unpaired) electrons. The highest BCUT2D eigenvalue weighted by Gasteiger charge is 2.19. The van der Waals surface area contributed by atoms with Crippen molar-refractivity contribution < 1.29 is 14.5 Å². The number of carbonyl (C=O) groups is 2. The Balaban J connectivity index is 2.18. The number of amides is 2. The number of rotatable bonds is 4. The Hall–Kier alpha value is -2.87. The van der Waals surface area contributed by atoms with Crippen molar-refractivity contribution in [2.45, 2.75) is 4.90 Å². The highest BCUT2D eigenvalue weighted by molar-refractivity contribution is 8.13. The molecule has 0 aromatic heterocycles. The number of nitrogens with one attached hydrogen (secondary N) is 1. The Kier molecular flexibility index (Phi) is 5.54. The number of hydrogen-bond acceptors (Lipinski definition) is 5. The topological polar surface area (TPSA) is 92.6 Å². The fourth-order valence-corrected chi connectivity index (χ4v) is 2.57. The molecule has 0 fully saturated rings. The normalized spacial score (nSPS) is 10.1. The van der Waals surface area contributed by atoms with Gasteiger partial charge < -0.3 is 10.2 Å². The van der Waals surface area contributed by atoms with Crippen LogP contribution >= 0.6 is 11.8 Å². The number of thioether (sulfide) groups is 1. The van der Waals surface area contributed by atoms with E-state index >= 15 is 0 Å². The molecule has 0 heterocycles. The molecule has 1 N–H and O–H groups in total. The Morgan fingerprint density at radius 1 is 1.12 bits per heavy atom. The van der Waals surface area contributed by atoms with E-state index < -0.39 is 10.8 Å². The zero-order valence-electron chi connectivity index (χ0n) is 13.1. The third kappa shape index (κ3) is 4.32. The Morgan fingerprint density at radius 3 is 2.50 bits per heavy atom. The van der Waals surface area contributed by atoms with E-state index in [9.17, 15) is 19.7 Å². The molecule has 2 aromatic rings. The number of hydrogen-bond donors (Lipinski definition) is 1. The Labute approximate surface area is 142 Å². The van der Waals surface area contributed by atoms with Crippen LogP contribution in [0.5, 0.6) is 0 Å². The molecule has 0 atom stereocenters. The number of nitro groups is 1. The summed E-state index contributed by atoms with van der Waals surface area (Å²) >= 11 is 1.02. The largest absolute Gasteiger partial charge is 0.339 e. The number of carbonyl (C=O) groups excluding carboxylic acids is 2. The van der Waals surface area contributed by atoms with Crippen molar-refractivity contribution in [1.82, 2.24) is 4.90 Å². The van der Waals surface area contributed by atoms with Gasteiger partial charge in [-0.05, 0) is 36.0 Å². The van der Waals surface area contributed by atoms with Gasteiger partial charge in [-0.1, -0.05) is 18.2 Å². The first kappa shape index (κ1) is 17.5. The average Bonchev–Trinajstić information content (AvgIpc) is 2.55. The van der Waals surface area contributed by atoms with Gasteiger partial charge in [-0.25, -0.2) is 0 Å². The quantitative estimate of drug-likeness (QED) is 0.519. The highest BCUT2D eigenvalue weighted by Crippen LogP contribution is 2.25. The van der Waals surface area contributed by atoms with Gasteiger partial charge >= 0.3 is 0 Å². The van der Waals surface area contributed by atoms with E-state index in [4.69, 9.17) is 0 Å². The molecule has 8 heteroatoms. The van der Waals surface area contributed by atoms with Crippen LogP contribution in [-0.4, -0.2) is 35.1 Å². The van der Waals surface area contributed by atoms with Crippen molar-refractivity contribution in [1.29, 1.82) is 0 Å². The lowest BCUT2D eigenvalue weighted by Crippen LogP contribution is -2.16. The third-order valence-electron chi connectivity index (χ3n) is 3.01. The summed E-state index contributed by atoms with van der Waals surface area (Å²) in [6, 6.07) is 12.4. The molecule has 0 bridgehead atoms. The SMILES string of the molecule is CN(C)C(=O)Sc1cccc(NC(=O)c2ccccc2[N+](=O)[O-])c1. The zero-order chi connectivity index (χ0) is 17.7. The van der Waals surface area contributed by atoms with Crippen LogP contribution in [0, 0.1) is 10.1 Å². The first-order chi connectivity index (χ1) is 11.4. The molecular formula is C16H15N3O4S. The molecule has 0 unspecified atom stereocenters. The van der Waals surface area contributed by atoms with Crippen molar-refractivity contribution in [3.63, 3.8) is 0 Å². The van der Waals surface area contributed by atoms with Gasteiger partial charge in [-0.2, -0.15) is 0 Å². The van der Waals surface area contributed by atoms with E-state index in [0.29, 0.717) is 10.6 Å². The van der Waals surface area contributed by atoms with Crippen molar-refractivity contribution in [3.05, 3.63) is 64.2 Å². The maximum absolute atomic E-state index is 12.3. The van der Waals surface area contributed by atoms with Crippen LogP contribution in [0.3, 0.4) is 0 Å². The van der Waals surface area contributed by atoms with Crippen LogP contribution in [0.1, 0.15) is 10.4 Å². The first-order valence-electron chi connectivity index (χ1n) is 6.92. The van der Waals surface area contributed by atoms with Crippen LogP contribution in [0.4, 0.5) is 16.2 Å². The molecule has 2 rings (SSSR count). The lowest BCUT2D eigenvalue weighted by molar-refractivity contribution is -0.385. The van der Waals surface area contributed by atoms with Gasteiger partial charge in [0.25, 0.3) is 16.8 Å². The smallest absolute Gasteiger partial charge is 0.285 e. The van der Waals surface area contributed by atoms with Crippen molar-refractivity contribution in [2.75, 3.05) is 19.4 Å². The van der Waals surface area contributed by atoms with Crippen molar-refractivity contribution in [2.24, 2.45) is 0 Å². The van der Waals surface area contributed by atoms with Gasteiger partial charge in [0.15, 0.2) is 0 Å². The summed E-state index contributed by atoms with van der Waals surface area (Å²) in [4.78, 5) is 36.5. The molecule has 0 aliphatic rings. The monoisotopic (exact) mass is 345 g/mol. The van der Waals surface area contributed by atoms with Crippen LogP contribution in [0.25, 0.3) is 0 Å². The van der Waals surface area contributed by atoms with Gasteiger partial charge in [0, 0.05) is 30.7 Å². The summed E-state index contributed by atoms with van der Waals surface area (Å²) in [5.74, 6) is -0.580. The van der Waals surface area contributed by atoms with Crippen LogP contribution in [0.2, 0.25) is 0 Å². The fraction of sp³-hybridized carbons (Fsp3) is 0.125. The molecule has 0 aliphatic carbocycles. The maximum atomic E-state index is 12.3. The summed E-state index contributed by atoms with van der Waals surface area (Å²) in [6.45, 7) is 0. The molecule has 124 valence electrons. The summed E-state index contributed by atoms with van der Waals surface area (Å²) in [5.41, 5.74) is 0.169. The minimum Gasteiger partial charge on any atom is -0.339 e. The van der Waals surface area contributed by atoms with Gasteiger partial charge in [-0.15, -0.1) is 0 Å². The van der Waals surface area contributed by atoms with Crippen LogP contribution < -0.4 is 5.32 Å². The molecule has 0 spiro atoms. The number of nitrogens with zero attached hydrogens (tertiary/aromatic N) is 2. The molecule has 0 saturated heterocycles. The zero-order valence-corrected chi connectivity index (χ0v) is 13.9. The second-order valence-electron chi connectivity index (χ2n) is 5.02. The highest BCUT2D eigenvalue weighted by atomic mass is 32.2. The third-order valence-corrected chi connectivity index (χ3v) is 4.04. The average molecular weight is 345 g/mol. The van der Waals surface area contributed by atoms with Crippen LogP contribution in [0.15, 0.2) is 53.4 Å². The predicted molar refractivity (Wildman–Crippen MR) is 92.4 cm³/mol. The van der Waals surface area contributed by atoms with E-state index in [1.807, 2.05) is 0 Å². The number of benzene rings is 2. The van der Waals surface area contributed by atoms with E-state index in [2.05, 4.69) is 5.32 Å². The summed E-state index contributed by atoms with van der Waals surface area (Å²) in [7, 11) is 3.30. The first-order valence-corrected chi connectivity index (χ1v) is 7.74. The minimum atomic E-state index is -0.600. The lowest BCUT2D eigenvalue weighted by atomic mass is 10.1. The maximum Gasteiger partial charge on any atom is 0.285 e. The van der Waals surface area contributed by atoms with Crippen molar-refractivity contribution >= 4 is 34.3 Å². The summed E-state index contributed by atoms with van der Waals surface area (Å²) < 4.78 is 0. The van der Waals surface area contributed by atoms with E-state index in [1.54, 1.807) is 44.4 Å². The van der Waals surface area contributed by atoms with Gasteiger partial charge in [0.1, 0.15) is 5.56 Å². The molecule has 0 saturated carbocycles. The van der Waals surface area contributed by atoms with Crippen LogP contribution in [-0.2, 0) is 0 Å². The molecule has 0 aliphatic heterocycles. The van der Waals surface area contributed by atoms with Gasteiger partial charge in [0.2, 0.25) is 0 Å². The van der Waals surface area contributed by atoms with Crippen molar-refractivity contribution in [3.8, 4) is 0 Å². The second kappa shape index (κ2) is 7.60. The standard InChI is InChI=1S/C16H15N3O4S/c1-18(2)16(21)24-12-7-5-6-11(10-12)17-15(20)13-8-3-4-9-14(13)19(22)23/h3-10H,1-2H3,(H,17,20). The van der Waals surface area contributed by atoms with E-state index in [-0.39, 0.29) is 16.5 Å². The van der Waals surface area contributed by atoms with Gasteiger partial charge in [0.05, 0.1) is 4.92 Å². The number of para-hydroxylation sites is 1. The molecular weight excluding hydrogens is 330 g/mol. The number of nitro benzene ring substituents is 1. The summed E-state index contributed by atoms with van der Waals surface area (Å²) in [5, 5.41) is 13.5. The molecule has 7 nitrogen and oxygen atoms in total. The lowest BCUT2D eigenvalue weighted by Gasteiger charge is -2.10. The Bertz CT molecular complexity index is 792. The minimum absolute atomic E-state index is 0.0232. The van der Waals surface area contributed by atoms with Gasteiger partial charge in [-0.3, -0.25) is 19.7 Å². The molecule has 2 amide bonds.